The minimum Gasteiger partial charge on any atom is -0.457 e. The Labute approximate surface area is 173 Å². The van der Waals surface area contributed by atoms with Crippen molar-refractivity contribution in [2.75, 3.05) is 5.32 Å². The van der Waals surface area contributed by atoms with Crippen molar-refractivity contribution in [1.82, 2.24) is 5.32 Å². The van der Waals surface area contributed by atoms with E-state index in [1.165, 1.54) is 0 Å². The van der Waals surface area contributed by atoms with Gasteiger partial charge in [-0.2, -0.15) is 0 Å². The first-order valence-corrected chi connectivity index (χ1v) is 9.31. The molecule has 3 aromatic rings. The number of halogens is 1. The van der Waals surface area contributed by atoms with Gasteiger partial charge in [-0.05, 0) is 48.0 Å². The summed E-state index contributed by atoms with van der Waals surface area (Å²) < 4.78 is 5.83. The number of hydrogen-bond donors (Lipinski definition) is 3. The first-order valence-electron chi connectivity index (χ1n) is 8.94. The fraction of sp³-hybridized carbons (Fsp3) is 0.0909. The summed E-state index contributed by atoms with van der Waals surface area (Å²) in [5.41, 5.74) is 6.57. The zero-order valence-corrected chi connectivity index (χ0v) is 16.2. The number of urea groups is 1. The van der Waals surface area contributed by atoms with Crippen molar-refractivity contribution >= 4 is 29.2 Å². The minimum atomic E-state index is -0.722. The van der Waals surface area contributed by atoms with Gasteiger partial charge in [0.05, 0.1) is 12.5 Å². The Hall–Kier alpha value is -3.51. The van der Waals surface area contributed by atoms with Crippen LogP contribution in [-0.4, -0.2) is 11.9 Å². The Morgan fingerprint density at radius 2 is 1.66 bits per heavy atom. The number of nitrogens with two attached hydrogens (primary N) is 1. The highest BCUT2D eigenvalue weighted by molar-refractivity contribution is 6.30. The smallest absolute Gasteiger partial charge is 0.312 e. The lowest BCUT2D eigenvalue weighted by molar-refractivity contribution is -0.116. The van der Waals surface area contributed by atoms with Crippen molar-refractivity contribution in [1.29, 1.82) is 0 Å². The molecule has 6 nitrogen and oxygen atoms in total. The molecule has 29 heavy (non-hydrogen) atoms. The summed E-state index contributed by atoms with van der Waals surface area (Å²) in [4.78, 5) is 24.0. The second-order valence-electron chi connectivity index (χ2n) is 6.31. The lowest BCUT2D eigenvalue weighted by atomic mass is 10.0. The van der Waals surface area contributed by atoms with Gasteiger partial charge in [-0.15, -0.1) is 0 Å². The third-order valence-electron chi connectivity index (χ3n) is 4.05. The van der Waals surface area contributed by atoms with Crippen molar-refractivity contribution in [3.05, 3.63) is 89.4 Å². The van der Waals surface area contributed by atoms with Gasteiger partial charge >= 0.3 is 6.03 Å². The molecule has 1 unspecified atom stereocenters. The summed E-state index contributed by atoms with van der Waals surface area (Å²) in [5.74, 6) is 0.975. The van der Waals surface area contributed by atoms with Gasteiger partial charge < -0.3 is 21.1 Å². The van der Waals surface area contributed by atoms with Crippen molar-refractivity contribution in [2.45, 2.75) is 12.5 Å². The molecule has 0 aliphatic heterocycles. The van der Waals surface area contributed by atoms with Gasteiger partial charge in [0.25, 0.3) is 0 Å². The Morgan fingerprint density at radius 1 is 0.931 bits per heavy atom. The second-order valence-corrected chi connectivity index (χ2v) is 6.75. The molecule has 1 atom stereocenters. The Balaban J connectivity index is 1.75. The van der Waals surface area contributed by atoms with Gasteiger partial charge in [0.2, 0.25) is 5.91 Å². The minimum absolute atomic E-state index is 0.00968. The summed E-state index contributed by atoms with van der Waals surface area (Å²) in [6.07, 6.45) is -0.00968. The Kier molecular flexibility index (Phi) is 6.71. The molecule has 4 N–H and O–H groups in total. The predicted octanol–water partition coefficient (Wildman–Crippen LogP) is 4.87. The van der Waals surface area contributed by atoms with Crippen LogP contribution in [0.5, 0.6) is 11.5 Å². The molecule has 3 amide bonds. The van der Waals surface area contributed by atoms with Crippen molar-refractivity contribution in [2.24, 2.45) is 5.73 Å². The molecule has 0 bridgehead atoms. The van der Waals surface area contributed by atoms with Crippen LogP contribution in [0.15, 0.2) is 78.9 Å². The molecule has 3 rings (SSSR count). The van der Waals surface area contributed by atoms with Crippen LogP contribution in [0.1, 0.15) is 18.0 Å². The van der Waals surface area contributed by atoms with Crippen molar-refractivity contribution < 1.29 is 14.3 Å². The molecule has 0 spiro atoms. The van der Waals surface area contributed by atoms with Gasteiger partial charge in [0.15, 0.2) is 0 Å². The van der Waals surface area contributed by atoms with Gasteiger partial charge in [-0.3, -0.25) is 4.79 Å². The summed E-state index contributed by atoms with van der Waals surface area (Å²) in [7, 11) is 0. The average molecular weight is 410 g/mol. The highest BCUT2D eigenvalue weighted by Gasteiger charge is 2.18. The lowest BCUT2D eigenvalue weighted by Gasteiger charge is -2.19. The molecular weight excluding hydrogens is 390 g/mol. The fourth-order valence-electron chi connectivity index (χ4n) is 2.81. The highest BCUT2D eigenvalue weighted by Crippen LogP contribution is 2.26. The van der Waals surface area contributed by atoms with Crippen LogP contribution in [0.3, 0.4) is 0 Å². The third-order valence-corrected chi connectivity index (χ3v) is 4.29. The maximum Gasteiger partial charge on any atom is 0.312 e. The van der Waals surface area contributed by atoms with Crippen LogP contribution >= 0.6 is 11.6 Å². The number of ether oxygens (including phenoxy) is 1. The van der Waals surface area contributed by atoms with Crippen LogP contribution in [0.4, 0.5) is 10.5 Å². The van der Waals surface area contributed by atoms with Gasteiger partial charge in [-0.1, -0.05) is 48.0 Å². The van der Waals surface area contributed by atoms with E-state index >= 15 is 0 Å². The summed E-state index contributed by atoms with van der Waals surface area (Å²) in [5, 5.41) is 5.89. The number of benzene rings is 3. The maximum absolute atomic E-state index is 12.5. The molecule has 148 valence electrons. The molecule has 0 saturated carbocycles. The lowest BCUT2D eigenvalue weighted by Crippen LogP contribution is -2.35. The van der Waals surface area contributed by atoms with Crippen LogP contribution in [0, 0.1) is 0 Å². The summed E-state index contributed by atoms with van der Waals surface area (Å²) in [6.45, 7) is 0. The zero-order chi connectivity index (χ0) is 20.6. The van der Waals surface area contributed by atoms with Crippen LogP contribution in [-0.2, 0) is 4.79 Å². The normalized spacial score (nSPS) is 11.3. The maximum atomic E-state index is 12.5. The van der Waals surface area contributed by atoms with E-state index in [0.717, 1.165) is 0 Å². The van der Waals surface area contributed by atoms with Crippen LogP contribution in [0.2, 0.25) is 5.02 Å². The number of primary amides is 1. The van der Waals surface area contributed by atoms with Gasteiger partial charge in [0, 0.05) is 10.7 Å². The fourth-order valence-corrected chi connectivity index (χ4v) is 3.00. The molecule has 0 aromatic heterocycles. The van der Waals surface area contributed by atoms with E-state index in [1.54, 1.807) is 48.5 Å². The van der Waals surface area contributed by atoms with E-state index in [2.05, 4.69) is 10.6 Å². The number of rotatable bonds is 7. The molecule has 0 aliphatic carbocycles. The number of nitrogens with one attached hydrogen (secondary N) is 2. The number of amides is 3. The molecule has 0 fully saturated rings. The largest absolute Gasteiger partial charge is 0.457 e. The number of para-hydroxylation sites is 1. The topological polar surface area (TPSA) is 93.5 Å². The SMILES string of the molecule is NC(=O)NC(CC(=O)Nc1cccc(Cl)c1)c1cccc(Oc2ccccc2)c1. The van der Waals surface area contributed by atoms with E-state index < -0.39 is 12.1 Å². The number of carbonyl (C=O) groups excluding carboxylic acids is 2. The molecular formula is C22H20ClN3O3. The molecule has 0 aliphatic rings. The van der Waals surface area contributed by atoms with Gasteiger partial charge in [0.1, 0.15) is 11.5 Å². The van der Waals surface area contributed by atoms with E-state index in [9.17, 15) is 9.59 Å². The van der Waals surface area contributed by atoms with Crippen molar-refractivity contribution in [3.8, 4) is 11.5 Å². The van der Waals surface area contributed by atoms with E-state index in [4.69, 9.17) is 22.1 Å². The molecule has 0 radical (unpaired) electrons. The zero-order valence-electron chi connectivity index (χ0n) is 15.5. The first-order chi connectivity index (χ1) is 14.0. The average Bonchev–Trinajstić information content (AvgIpc) is 2.68. The standard InChI is InChI=1S/C22H20ClN3O3/c23-16-7-5-8-17(13-16)25-21(27)14-20(26-22(24)28)15-6-4-11-19(12-15)29-18-9-2-1-3-10-18/h1-13,20H,14H2,(H,25,27)(H3,24,26,28). The predicted molar refractivity (Wildman–Crippen MR) is 113 cm³/mol. The Morgan fingerprint density at radius 3 is 2.38 bits per heavy atom. The monoisotopic (exact) mass is 409 g/mol. The highest BCUT2D eigenvalue weighted by atomic mass is 35.5. The van der Waals surface area contributed by atoms with Gasteiger partial charge in [-0.25, -0.2) is 4.79 Å². The quantitative estimate of drug-likeness (QED) is 0.519. The third kappa shape index (κ3) is 6.26. The molecule has 0 saturated heterocycles. The molecule has 7 heteroatoms. The molecule has 0 heterocycles. The number of carbonyl (C=O) groups is 2. The second kappa shape index (κ2) is 9.61. The Bertz CT molecular complexity index is 995. The van der Waals surface area contributed by atoms with Crippen molar-refractivity contribution in [3.63, 3.8) is 0 Å². The van der Waals surface area contributed by atoms with Crippen LogP contribution in [0.25, 0.3) is 0 Å². The summed E-state index contributed by atoms with van der Waals surface area (Å²) >= 11 is 5.94. The summed E-state index contributed by atoms with van der Waals surface area (Å²) in [6, 6.07) is 21.9. The molecule has 3 aromatic carbocycles. The number of anilines is 1. The van der Waals surface area contributed by atoms with E-state index in [1.807, 2.05) is 30.3 Å². The number of hydrogen-bond acceptors (Lipinski definition) is 3. The first kappa shape index (κ1) is 20.2. The van der Waals surface area contributed by atoms with Crippen LogP contribution < -0.4 is 21.1 Å². The van der Waals surface area contributed by atoms with E-state index in [0.29, 0.717) is 27.8 Å². The van der Waals surface area contributed by atoms with E-state index in [-0.39, 0.29) is 12.3 Å².